The largest absolute Gasteiger partial charge is 0.497 e. The fourth-order valence-corrected chi connectivity index (χ4v) is 2.80. The van der Waals surface area contributed by atoms with Crippen LogP contribution in [0.15, 0.2) is 48.8 Å². The lowest BCUT2D eigenvalue weighted by molar-refractivity contribution is 0.0954. The van der Waals surface area contributed by atoms with Crippen molar-refractivity contribution in [3.63, 3.8) is 0 Å². The number of rotatable bonds is 6. The van der Waals surface area contributed by atoms with Gasteiger partial charge in [-0.3, -0.25) is 4.79 Å². The second-order valence-corrected chi connectivity index (χ2v) is 6.30. The molecule has 130 valence electrons. The van der Waals surface area contributed by atoms with Crippen LogP contribution in [0.4, 0.5) is 0 Å². The number of carbonyl (C=O) groups excluding carboxylic acids is 1. The average molecular weight is 337 g/mol. The van der Waals surface area contributed by atoms with E-state index in [1.165, 1.54) is 0 Å². The molecule has 3 aromatic rings. The van der Waals surface area contributed by atoms with E-state index in [0.29, 0.717) is 18.2 Å². The minimum atomic E-state index is -0.0745. The Labute approximate surface area is 147 Å². The van der Waals surface area contributed by atoms with Crippen LogP contribution < -0.4 is 10.1 Å². The van der Waals surface area contributed by atoms with Gasteiger partial charge in [-0.1, -0.05) is 12.1 Å². The molecule has 5 nitrogen and oxygen atoms in total. The first kappa shape index (κ1) is 17.0. The van der Waals surface area contributed by atoms with E-state index in [-0.39, 0.29) is 5.91 Å². The Kier molecular flexibility index (Phi) is 5.03. The molecule has 1 heterocycles. The van der Waals surface area contributed by atoms with Crippen molar-refractivity contribution in [1.29, 1.82) is 0 Å². The first-order chi connectivity index (χ1) is 12.1. The predicted molar refractivity (Wildman–Crippen MR) is 99.1 cm³/mol. The molecule has 0 saturated heterocycles. The highest BCUT2D eigenvalue weighted by molar-refractivity contribution is 5.97. The van der Waals surface area contributed by atoms with Gasteiger partial charge in [0.2, 0.25) is 0 Å². The molecule has 3 rings (SSSR count). The fraction of sp³-hybridized carbons (Fsp3) is 0.300. The van der Waals surface area contributed by atoms with E-state index in [4.69, 9.17) is 4.74 Å². The highest BCUT2D eigenvalue weighted by atomic mass is 16.5. The van der Waals surface area contributed by atoms with Gasteiger partial charge in [-0.2, -0.15) is 0 Å². The number of nitrogens with one attached hydrogen (secondary N) is 1. The van der Waals surface area contributed by atoms with Gasteiger partial charge in [0.1, 0.15) is 5.75 Å². The van der Waals surface area contributed by atoms with Crippen LogP contribution >= 0.6 is 0 Å². The van der Waals surface area contributed by atoms with Crippen LogP contribution in [0.25, 0.3) is 11.0 Å². The second kappa shape index (κ2) is 7.38. The summed E-state index contributed by atoms with van der Waals surface area (Å²) in [5.41, 5.74) is 3.68. The number of methoxy groups -OCH3 is 1. The highest BCUT2D eigenvalue weighted by Crippen LogP contribution is 2.19. The van der Waals surface area contributed by atoms with Crippen LogP contribution in [0, 0.1) is 0 Å². The maximum atomic E-state index is 12.4. The number of fused-ring (bicyclic) bond motifs is 1. The van der Waals surface area contributed by atoms with Gasteiger partial charge in [-0.05, 0) is 56.2 Å². The van der Waals surface area contributed by atoms with E-state index >= 15 is 0 Å². The summed E-state index contributed by atoms with van der Waals surface area (Å²) < 4.78 is 7.24. The number of carbonyl (C=O) groups is 1. The van der Waals surface area contributed by atoms with Crippen LogP contribution in [0.2, 0.25) is 0 Å². The summed E-state index contributed by atoms with van der Waals surface area (Å²) in [6.07, 6.45) is 2.60. The normalized spacial score (nSPS) is 11.0. The predicted octanol–water partition coefficient (Wildman–Crippen LogP) is 3.60. The molecular formula is C20H23N3O2. The van der Waals surface area contributed by atoms with Crippen molar-refractivity contribution in [3.05, 3.63) is 59.9 Å². The van der Waals surface area contributed by atoms with Gasteiger partial charge in [0.05, 0.1) is 24.5 Å². The van der Waals surface area contributed by atoms with Gasteiger partial charge in [0, 0.05) is 18.2 Å². The third kappa shape index (κ3) is 3.82. The third-order valence-electron chi connectivity index (χ3n) is 4.25. The monoisotopic (exact) mass is 337 g/mol. The van der Waals surface area contributed by atoms with E-state index in [2.05, 4.69) is 28.7 Å². The van der Waals surface area contributed by atoms with E-state index in [1.54, 1.807) is 7.11 Å². The molecule has 0 radical (unpaired) electrons. The van der Waals surface area contributed by atoms with Gasteiger partial charge in [-0.15, -0.1) is 0 Å². The number of hydrogen-bond donors (Lipinski definition) is 1. The number of amides is 1. The van der Waals surface area contributed by atoms with Crippen LogP contribution in [0.1, 0.15) is 35.8 Å². The van der Waals surface area contributed by atoms with Crippen molar-refractivity contribution in [2.75, 3.05) is 13.7 Å². The Morgan fingerprint density at radius 3 is 2.64 bits per heavy atom. The molecule has 5 heteroatoms. The topological polar surface area (TPSA) is 56.1 Å². The summed E-state index contributed by atoms with van der Waals surface area (Å²) in [6, 6.07) is 13.9. The Balaban J connectivity index is 1.61. The molecule has 25 heavy (non-hydrogen) atoms. The van der Waals surface area contributed by atoms with E-state index in [9.17, 15) is 4.79 Å². The van der Waals surface area contributed by atoms with E-state index in [0.717, 1.165) is 28.8 Å². The summed E-state index contributed by atoms with van der Waals surface area (Å²) in [5.74, 6) is 0.761. The minimum absolute atomic E-state index is 0.0745. The molecule has 0 aliphatic rings. The van der Waals surface area contributed by atoms with Crippen molar-refractivity contribution in [2.24, 2.45) is 0 Å². The van der Waals surface area contributed by atoms with Crippen molar-refractivity contribution in [1.82, 2.24) is 14.9 Å². The van der Waals surface area contributed by atoms with Crippen LogP contribution in [-0.4, -0.2) is 29.1 Å². The van der Waals surface area contributed by atoms with Crippen molar-refractivity contribution >= 4 is 16.9 Å². The SMILES string of the molecule is COc1ccc(CCNC(=O)c2ccc3c(c2)ncn3C(C)C)cc1. The van der Waals surface area contributed by atoms with Gasteiger partial charge >= 0.3 is 0 Å². The number of ether oxygens (including phenoxy) is 1. The number of hydrogen-bond acceptors (Lipinski definition) is 3. The van der Waals surface area contributed by atoms with Crippen LogP contribution in [0.5, 0.6) is 5.75 Å². The van der Waals surface area contributed by atoms with Crippen LogP contribution in [-0.2, 0) is 6.42 Å². The first-order valence-corrected chi connectivity index (χ1v) is 8.46. The number of nitrogens with zero attached hydrogens (tertiary/aromatic N) is 2. The zero-order valence-electron chi connectivity index (χ0n) is 14.8. The molecule has 0 bridgehead atoms. The fourth-order valence-electron chi connectivity index (χ4n) is 2.80. The van der Waals surface area contributed by atoms with Crippen molar-refractivity contribution in [3.8, 4) is 5.75 Å². The summed E-state index contributed by atoms with van der Waals surface area (Å²) in [4.78, 5) is 16.8. The lowest BCUT2D eigenvalue weighted by atomic mass is 10.1. The lowest BCUT2D eigenvalue weighted by Crippen LogP contribution is -2.25. The number of benzene rings is 2. The molecule has 0 fully saturated rings. The molecule has 0 atom stereocenters. The molecule has 2 aromatic carbocycles. The molecule has 0 saturated carbocycles. The Hall–Kier alpha value is -2.82. The number of aromatic nitrogens is 2. The Bertz CT molecular complexity index is 866. The second-order valence-electron chi connectivity index (χ2n) is 6.30. The molecule has 1 N–H and O–H groups in total. The maximum Gasteiger partial charge on any atom is 0.251 e. The quantitative estimate of drug-likeness (QED) is 0.748. The molecule has 1 aromatic heterocycles. The smallest absolute Gasteiger partial charge is 0.251 e. The van der Waals surface area contributed by atoms with Gasteiger partial charge in [0.15, 0.2) is 0 Å². The summed E-state index contributed by atoms with van der Waals surface area (Å²) >= 11 is 0. The summed E-state index contributed by atoms with van der Waals surface area (Å²) in [5, 5.41) is 2.97. The standard InChI is InChI=1S/C20H23N3O2/c1-14(2)23-13-22-18-12-16(6-9-19(18)23)20(24)21-11-10-15-4-7-17(25-3)8-5-15/h4-9,12-14H,10-11H2,1-3H3,(H,21,24). The third-order valence-corrected chi connectivity index (χ3v) is 4.25. The molecule has 0 spiro atoms. The average Bonchev–Trinajstić information content (AvgIpc) is 3.05. The molecule has 1 amide bonds. The molecule has 0 aliphatic heterocycles. The summed E-state index contributed by atoms with van der Waals surface area (Å²) in [7, 11) is 1.65. The zero-order chi connectivity index (χ0) is 17.8. The molecular weight excluding hydrogens is 314 g/mol. The Morgan fingerprint density at radius 2 is 1.96 bits per heavy atom. The molecule has 0 aliphatic carbocycles. The summed E-state index contributed by atoms with van der Waals surface area (Å²) in [6.45, 7) is 4.81. The minimum Gasteiger partial charge on any atom is -0.497 e. The highest BCUT2D eigenvalue weighted by Gasteiger charge is 2.10. The van der Waals surface area contributed by atoms with E-state index in [1.807, 2.05) is 48.8 Å². The van der Waals surface area contributed by atoms with Gasteiger partial charge in [-0.25, -0.2) is 4.98 Å². The number of imidazole rings is 1. The first-order valence-electron chi connectivity index (χ1n) is 8.46. The molecule has 0 unspecified atom stereocenters. The van der Waals surface area contributed by atoms with Crippen LogP contribution in [0.3, 0.4) is 0 Å². The zero-order valence-corrected chi connectivity index (χ0v) is 14.8. The van der Waals surface area contributed by atoms with Crippen molar-refractivity contribution in [2.45, 2.75) is 26.3 Å². The Morgan fingerprint density at radius 1 is 1.20 bits per heavy atom. The van der Waals surface area contributed by atoms with Crippen molar-refractivity contribution < 1.29 is 9.53 Å². The van der Waals surface area contributed by atoms with Gasteiger partial charge < -0.3 is 14.6 Å². The lowest BCUT2D eigenvalue weighted by Gasteiger charge is -2.09. The van der Waals surface area contributed by atoms with E-state index < -0.39 is 0 Å². The maximum absolute atomic E-state index is 12.4. The van der Waals surface area contributed by atoms with Gasteiger partial charge in [0.25, 0.3) is 5.91 Å².